The molecule has 0 aromatic carbocycles. The molecule has 110 valence electrons. The molecule has 20 heavy (non-hydrogen) atoms. The Morgan fingerprint density at radius 2 is 2.05 bits per heavy atom. The average Bonchev–Trinajstić information content (AvgIpc) is 2.91. The molecule has 0 radical (unpaired) electrons. The third kappa shape index (κ3) is 3.31. The maximum Gasteiger partial charge on any atom is 0.129 e. The van der Waals surface area contributed by atoms with Gasteiger partial charge in [-0.2, -0.15) is 5.10 Å². The Morgan fingerprint density at radius 1 is 1.30 bits per heavy atom. The molecule has 1 N–H and O–H groups in total. The van der Waals surface area contributed by atoms with Crippen molar-refractivity contribution in [1.29, 1.82) is 0 Å². The van der Waals surface area contributed by atoms with Crippen molar-refractivity contribution >= 4 is 0 Å². The molecule has 0 atom stereocenters. The molecule has 0 fully saturated rings. The second-order valence-corrected chi connectivity index (χ2v) is 5.85. The van der Waals surface area contributed by atoms with Crippen LogP contribution in [0.5, 0.6) is 0 Å². The molecule has 2 heterocycles. The zero-order valence-electron chi connectivity index (χ0n) is 13.2. The smallest absolute Gasteiger partial charge is 0.129 e. The summed E-state index contributed by atoms with van der Waals surface area (Å²) in [7, 11) is 0. The molecule has 0 bridgehead atoms. The van der Waals surface area contributed by atoms with Gasteiger partial charge in [-0.05, 0) is 44.9 Å². The Morgan fingerprint density at radius 3 is 2.65 bits per heavy atom. The molecule has 2 rings (SSSR count). The van der Waals surface area contributed by atoms with Crippen LogP contribution in [0.25, 0.3) is 0 Å². The fraction of sp³-hybridized carbons (Fsp3) is 0.562. The van der Waals surface area contributed by atoms with Gasteiger partial charge < -0.3 is 9.73 Å². The summed E-state index contributed by atoms with van der Waals surface area (Å²) in [5, 5.41) is 8.03. The minimum Gasteiger partial charge on any atom is -0.467 e. The molecule has 2 aromatic rings. The molecular weight excluding hydrogens is 250 g/mol. The van der Waals surface area contributed by atoms with Crippen LogP contribution in [0.3, 0.4) is 0 Å². The van der Waals surface area contributed by atoms with Crippen molar-refractivity contribution in [1.82, 2.24) is 15.1 Å². The van der Waals surface area contributed by atoms with Gasteiger partial charge in [0.2, 0.25) is 0 Å². The van der Waals surface area contributed by atoms with E-state index in [0.717, 1.165) is 24.5 Å². The van der Waals surface area contributed by atoms with Crippen molar-refractivity contribution in [2.45, 2.75) is 47.7 Å². The lowest BCUT2D eigenvalue weighted by Crippen LogP contribution is -2.19. The van der Waals surface area contributed by atoms with E-state index >= 15 is 0 Å². The van der Waals surface area contributed by atoms with Gasteiger partial charge in [-0.3, -0.25) is 4.68 Å². The lowest BCUT2D eigenvalue weighted by atomic mass is 10.2. The predicted octanol–water partition coefficient (Wildman–Crippen LogP) is 3.20. The molecule has 4 nitrogen and oxygen atoms in total. The summed E-state index contributed by atoms with van der Waals surface area (Å²) < 4.78 is 7.65. The van der Waals surface area contributed by atoms with E-state index in [4.69, 9.17) is 4.42 Å². The van der Waals surface area contributed by atoms with Gasteiger partial charge >= 0.3 is 0 Å². The van der Waals surface area contributed by atoms with Crippen molar-refractivity contribution < 1.29 is 4.42 Å². The second-order valence-electron chi connectivity index (χ2n) is 5.85. The third-order valence-corrected chi connectivity index (χ3v) is 3.74. The van der Waals surface area contributed by atoms with E-state index in [-0.39, 0.29) is 0 Å². The minimum atomic E-state index is 0.656. The number of rotatable bonds is 6. The van der Waals surface area contributed by atoms with Crippen LogP contribution in [-0.4, -0.2) is 16.3 Å². The van der Waals surface area contributed by atoms with Crippen molar-refractivity contribution in [3.63, 3.8) is 0 Å². The quantitative estimate of drug-likeness (QED) is 0.880. The predicted molar refractivity (Wildman–Crippen MR) is 80.8 cm³/mol. The van der Waals surface area contributed by atoms with Gasteiger partial charge in [0.05, 0.1) is 18.5 Å². The highest BCUT2D eigenvalue weighted by molar-refractivity contribution is 5.24. The maximum atomic E-state index is 5.63. The van der Waals surface area contributed by atoms with Crippen molar-refractivity contribution in [2.75, 3.05) is 6.54 Å². The van der Waals surface area contributed by atoms with Gasteiger partial charge in [-0.15, -0.1) is 0 Å². The van der Waals surface area contributed by atoms with Crippen LogP contribution in [0, 0.1) is 26.7 Å². The highest BCUT2D eigenvalue weighted by atomic mass is 16.3. The first-order valence-corrected chi connectivity index (χ1v) is 7.25. The number of nitrogens with one attached hydrogen (secondary N) is 1. The van der Waals surface area contributed by atoms with Gasteiger partial charge in [-0.25, -0.2) is 0 Å². The van der Waals surface area contributed by atoms with Gasteiger partial charge in [0.1, 0.15) is 5.76 Å². The number of aryl methyl sites for hydroxylation is 1. The van der Waals surface area contributed by atoms with E-state index in [9.17, 15) is 0 Å². The molecule has 0 aliphatic rings. The molecule has 0 aliphatic heterocycles. The zero-order valence-corrected chi connectivity index (χ0v) is 13.2. The van der Waals surface area contributed by atoms with Crippen LogP contribution in [0.2, 0.25) is 0 Å². The second kappa shape index (κ2) is 6.27. The van der Waals surface area contributed by atoms with E-state index in [1.54, 1.807) is 6.26 Å². The molecule has 0 saturated heterocycles. The average molecular weight is 275 g/mol. The molecule has 4 heteroatoms. The van der Waals surface area contributed by atoms with Gasteiger partial charge in [0, 0.05) is 17.8 Å². The molecule has 0 spiro atoms. The van der Waals surface area contributed by atoms with Gasteiger partial charge in [0.25, 0.3) is 0 Å². The Bertz CT molecular complexity index is 566. The van der Waals surface area contributed by atoms with Crippen LogP contribution in [-0.2, 0) is 13.1 Å². The summed E-state index contributed by atoms with van der Waals surface area (Å²) in [6.45, 7) is 13.3. The Kier molecular flexibility index (Phi) is 4.65. The van der Waals surface area contributed by atoms with E-state index in [1.807, 2.05) is 17.7 Å². The van der Waals surface area contributed by atoms with Crippen molar-refractivity contribution in [3.8, 4) is 0 Å². The summed E-state index contributed by atoms with van der Waals surface area (Å²) in [4.78, 5) is 0. The van der Waals surface area contributed by atoms with E-state index < -0.39 is 0 Å². The Balaban J connectivity index is 2.06. The zero-order chi connectivity index (χ0) is 14.7. The molecule has 2 aromatic heterocycles. The molecule has 0 aliphatic carbocycles. The third-order valence-electron chi connectivity index (χ3n) is 3.74. The van der Waals surface area contributed by atoms with E-state index in [2.05, 4.69) is 38.1 Å². The first kappa shape index (κ1) is 14.9. The summed E-state index contributed by atoms with van der Waals surface area (Å²) >= 11 is 0. The summed E-state index contributed by atoms with van der Waals surface area (Å²) in [6.07, 6.45) is 1.76. The fourth-order valence-electron chi connectivity index (χ4n) is 2.24. The van der Waals surface area contributed by atoms with Crippen LogP contribution < -0.4 is 5.32 Å². The maximum absolute atomic E-state index is 5.63. The molecule has 0 saturated carbocycles. The summed E-state index contributed by atoms with van der Waals surface area (Å²) in [6, 6.07) is 2.04. The number of furan rings is 1. The monoisotopic (exact) mass is 275 g/mol. The standard InChI is InChI=1S/C16H25N3O/c1-11(2)8-17-9-15-6-7-20-16(15)10-19-14(5)12(3)13(4)18-19/h6-7,11,17H,8-10H2,1-5H3. The Hall–Kier alpha value is -1.55. The molecule has 0 unspecified atom stereocenters. The summed E-state index contributed by atoms with van der Waals surface area (Å²) in [5.74, 6) is 1.65. The topological polar surface area (TPSA) is 43.0 Å². The summed E-state index contributed by atoms with van der Waals surface area (Å²) in [5.41, 5.74) is 4.78. The number of hydrogen-bond donors (Lipinski definition) is 1. The normalized spacial score (nSPS) is 11.5. The number of nitrogens with zero attached hydrogens (tertiary/aromatic N) is 2. The van der Waals surface area contributed by atoms with Gasteiger partial charge in [0.15, 0.2) is 0 Å². The van der Waals surface area contributed by atoms with Crippen LogP contribution >= 0.6 is 0 Å². The lowest BCUT2D eigenvalue weighted by molar-refractivity contribution is 0.465. The number of hydrogen-bond acceptors (Lipinski definition) is 3. The minimum absolute atomic E-state index is 0.656. The fourth-order valence-corrected chi connectivity index (χ4v) is 2.24. The van der Waals surface area contributed by atoms with E-state index in [0.29, 0.717) is 12.5 Å². The van der Waals surface area contributed by atoms with Crippen LogP contribution in [0.4, 0.5) is 0 Å². The number of aromatic nitrogens is 2. The van der Waals surface area contributed by atoms with Crippen LogP contribution in [0.1, 0.15) is 42.1 Å². The Labute approximate surface area is 121 Å². The first-order valence-electron chi connectivity index (χ1n) is 7.25. The van der Waals surface area contributed by atoms with Crippen molar-refractivity contribution in [2.24, 2.45) is 5.92 Å². The SMILES string of the molecule is Cc1nn(Cc2occc2CNCC(C)C)c(C)c1C. The van der Waals surface area contributed by atoms with E-state index in [1.165, 1.54) is 16.8 Å². The molecular formula is C16H25N3O. The van der Waals surface area contributed by atoms with Crippen molar-refractivity contribution in [3.05, 3.63) is 40.6 Å². The highest BCUT2D eigenvalue weighted by Crippen LogP contribution is 2.16. The van der Waals surface area contributed by atoms with Gasteiger partial charge in [-0.1, -0.05) is 13.8 Å². The lowest BCUT2D eigenvalue weighted by Gasteiger charge is -2.08. The first-order chi connectivity index (χ1) is 9.49. The largest absolute Gasteiger partial charge is 0.467 e. The highest BCUT2D eigenvalue weighted by Gasteiger charge is 2.12. The van der Waals surface area contributed by atoms with Crippen LogP contribution in [0.15, 0.2) is 16.7 Å². The molecule has 0 amide bonds.